The summed E-state index contributed by atoms with van der Waals surface area (Å²) in [4.78, 5) is 17.1. The lowest BCUT2D eigenvalue weighted by Gasteiger charge is -2.36. The number of piperazine rings is 1. The van der Waals surface area contributed by atoms with Crippen LogP contribution in [0.5, 0.6) is 0 Å². The van der Waals surface area contributed by atoms with Crippen molar-refractivity contribution in [3.63, 3.8) is 0 Å². The molecule has 1 atom stereocenters. The molecule has 1 aliphatic rings. The van der Waals surface area contributed by atoms with Crippen LogP contribution in [0.4, 0.5) is 0 Å². The van der Waals surface area contributed by atoms with Crippen molar-refractivity contribution in [1.29, 1.82) is 0 Å². The van der Waals surface area contributed by atoms with E-state index in [9.17, 15) is 4.79 Å². The Morgan fingerprint density at radius 1 is 1.28 bits per heavy atom. The van der Waals surface area contributed by atoms with E-state index in [0.717, 1.165) is 25.3 Å². The van der Waals surface area contributed by atoms with Crippen molar-refractivity contribution in [2.75, 3.05) is 26.2 Å². The highest BCUT2D eigenvalue weighted by atomic mass is 32.1. The Morgan fingerprint density at radius 3 is 2.76 bits per heavy atom. The molecule has 9 heteroatoms. The highest BCUT2D eigenvalue weighted by Gasteiger charge is 2.35. The maximum Gasteiger partial charge on any atom is 0.289 e. The number of rotatable bonds is 7. The molecule has 4 rings (SSSR count). The molecule has 0 aliphatic carbocycles. The van der Waals surface area contributed by atoms with Crippen molar-refractivity contribution in [3.05, 3.63) is 52.4 Å². The largest absolute Gasteiger partial charge is 0.459 e. The van der Waals surface area contributed by atoms with Gasteiger partial charge in [-0.25, -0.2) is 4.68 Å². The second-order valence-corrected chi connectivity index (χ2v) is 8.92. The first kappa shape index (κ1) is 19.8. The molecule has 1 amide bonds. The highest BCUT2D eigenvalue weighted by molar-refractivity contribution is 7.09. The molecule has 0 radical (unpaired) electrons. The number of carbonyl (C=O) groups excluding carboxylic acids is 1. The molecule has 3 aromatic heterocycles. The summed E-state index contributed by atoms with van der Waals surface area (Å²) in [5, 5.41) is 14.7. The van der Waals surface area contributed by atoms with Gasteiger partial charge in [0.1, 0.15) is 6.04 Å². The molecule has 0 bridgehead atoms. The number of tetrazole rings is 1. The summed E-state index contributed by atoms with van der Waals surface area (Å²) in [5.74, 6) is 1.85. The molecule has 0 spiro atoms. The minimum atomic E-state index is -0.0306. The van der Waals surface area contributed by atoms with Gasteiger partial charge in [0, 0.05) is 11.3 Å². The number of thiophene rings is 1. The number of aromatic nitrogens is 4. The van der Waals surface area contributed by atoms with Crippen LogP contribution in [-0.4, -0.2) is 57.2 Å². The lowest BCUT2D eigenvalue weighted by atomic mass is 10.0. The van der Waals surface area contributed by atoms with Crippen molar-refractivity contribution in [2.24, 2.45) is 5.92 Å². The van der Waals surface area contributed by atoms with Gasteiger partial charge in [0.2, 0.25) is 5.82 Å². The van der Waals surface area contributed by atoms with E-state index in [-0.39, 0.29) is 11.9 Å². The Morgan fingerprint density at radius 2 is 2.10 bits per heavy atom. The fourth-order valence-corrected chi connectivity index (χ4v) is 4.64. The van der Waals surface area contributed by atoms with Gasteiger partial charge in [0.15, 0.2) is 5.76 Å². The normalized spacial score (nSPS) is 16.4. The van der Waals surface area contributed by atoms with Gasteiger partial charge in [0.05, 0.1) is 39.0 Å². The van der Waals surface area contributed by atoms with Crippen LogP contribution in [0, 0.1) is 5.92 Å². The predicted molar refractivity (Wildman–Crippen MR) is 109 cm³/mol. The number of carbonyl (C=O) groups is 1. The van der Waals surface area contributed by atoms with E-state index in [4.69, 9.17) is 4.42 Å². The van der Waals surface area contributed by atoms with E-state index < -0.39 is 0 Å². The van der Waals surface area contributed by atoms with Gasteiger partial charge >= 0.3 is 0 Å². The van der Waals surface area contributed by atoms with Crippen LogP contribution in [-0.2, 0) is 6.54 Å². The maximum atomic E-state index is 12.6. The summed E-state index contributed by atoms with van der Waals surface area (Å²) in [7, 11) is 0. The van der Waals surface area contributed by atoms with E-state index in [0.29, 0.717) is 31.3 Å². The average Bonchev–Trinajstić information content (AvgIpc) is 3.49. The van der Waals surface area contributed by atoms with Crippen LogP contribution in [0.3, 0.4) is 0 Å². The molecule has 1 fully saturated rings. The molecule has 4 heterocycles. The molecule has 1 N–H and O–H groups in total. The quantitative estimate of drug-likeness (QED) is 0.633. The molecule has 1 saturated heterocycles. The SMILES string of the molecule is CC(C)C[C@@H](c1nnnn1Cc1cccs1)[NH+]1CCN(C(=O)c2ccco2)CC1. The van der Waals surface area contributed by atoms with Crippen molar-refractivity contribution in [1.82, 2.24) is 25.1 Å². The monoisotopic (exact) mass is 415 g/mol. The van der Waals surface area contributed by atoms with Crippen LogP contribution in [0.1, 0.15) is 47.6 Å². The third-order valence-corrected chi connectivity index (χ3v) is 6.24. The smallest absolute Gasteiger partial charge is 0.289 e. The zero-order chi connectivity index (χ0) is 20.2. The van der Waals surface area contributed by atoms with Crippen LogP contribution in [0.15, 0.2) is 40.3 Å². The molecule has 8 nitrogen and oxygen atoms in total. The maximum absolute atomic E-state index is 12.6. The number of nitrogens with one attached hydrogen (secondary N) is 1. The van der Waals surface area contributed by atoms with Gasteiger partial charge in [0.25, 0.3) is 5.91 Å². The Labute approximate surface area is 174 Å². The van der Waals surface area contributed by atoms with E-state index in [1.807, 2.05) is 9.58 Å². The molecular formula is C20H27N6O2S+. The minimum absolute atomic E-state index is 0.0306. The summed E-state index contributed by atoms with van der Waals surface area (Å²) >= 11 is 1.72. The first-order chi connectivity index (χ1) is 14.1. The van der Waals surface area contributed by atoms with Crippen molar-refractivity contribution >= 4 is 17.2 Å². The Hall–Kier alpha value is -2.52. The lowest BCUT2D eigenvalue weighted by molar-refractivity contribution is -0.937. The van der Waals surface area contributed by atoms with Gasteiger partial charge in [-0.15, -0.1) is 16.4 Å². The summed E-state index contributed by atoms with van der Waals surface area (Å²) in [6.07, 6.45) is 2.55. The lowest BCUT2D eigenvalue weighted by Crippen LogP contribution is -3.15. The van der Waals surface area contributed by atoms with E-state index in [1.165, 1.54) is 9.78 Å². The number of quaternary nitrogens is 1. The summed E-state index contributed by atoms with van der Waals surface area (Å²) in [5.41, 5.74) is 0. The molecule has 0 unspecified atom stereocenters. The van der Waals surface area contributed by atoms with E-state index in [2.05, 4.69) is 46.9 Å². The first-order valence-electron chi connectivity index (χ1n) is 10.1. The van der Waals surface area contributed by atoms with Gasteiger partial charge < -0.3 is 14.2 Å². The molecule has 154 valence electrons. The molecule has 3 aromatic rings. The summed E-state index contributed by atoms with van der Waals surface area (Å²) in [6.45, 7) is 8.31. The zero-order valence-electron chi connectivity index (χ0n) is 16.8. The Balaban J connectivity index is 1.47. The molecule has 0 aromatic carbocycles. The van der Waals surface area contributed by atoms with Gasteiger partial charge in [-0.1, -0.05) is 19.9 Å². The van der Waals surface area contributed by atoms with Gasteiger partial charge in [-0.05, 0) is 39.9 Å². The Kier molecular flexibility index (Phi) is 6.05. The van der Waals surface area contributed by atoms with Crippen molar-refractivity contribution in [3.8, 4) is 0 Å². The van der Waals surface area contributed by atoms with E-state index in [1.54, 1.807) is 29.7 Å². The van der Waals surface area contributed by atoms with Crippen LogP contribution < -0.4 is 4.90 Å². The average molecular weight is 416 g/mol. The third kappa shape index (κ3) is 4.56. The standard InChI is InChI=1S/C20H26N6O2S/c1-15(2)13-17(19-21-22-23-26(19)14-16-5-4-12-29-16)24-7-9-25(10-8-24)20(27)18-6-3-11-28-18/h3-6,11-12,15,17H,7-10,13-14H2,1-2H3/p+1/t17-/m0/s1. The van der Waals surface area contributed by atoms with Crippen LogP contribution in [0.25, 0.3) is 0 Å². The third-order valence-electron chi connectivity index (χ3n) is 5.38. The van der Waals surface area contributed by atoms with Crippen LogP contribution in [0.2, 0.25) is 0 Å². The van der Waals surface area contributed by atoms with Crippen molar-refractivity contribution < 1.29 is 14.1 Å². The molecule has 29 heavy (non-hydrogen) atoms. The topological polar surface area (TPSA) is 81.5 Å². The number of furan rings is 1. The summed E-state index contributed by atoms with van der Waals surface area (Å²) in [6, 6.07) is 7.85. The fourth-order valence-electron chi connectivity index (χ4n) is 3.95. The first-order valence-corrected chi connectivity index (χ1v) is 11.0. The molecule has 0 saturated carbocycles. The number of hydrogen-bond acceptors (Lipinski definition) is 6. The highest BCUT2D eigenvalue weighted by Crippen LogP contribution is 2.19. The zero-order valence-corrected chi connectivity index (χ0v) is 17.6. The summed E-state index contributed by atoms with van der Waals surface area (Å²) < 4.78 is 7.21. The fraction of sp³-hybridized carbons (Fsp3) is 0.500. The second-order valence-electron chi connectivity index (χ2n) is 7.88. The van der Waals surface area contributed by atoms with Crippen LogP contribution >= 0.6 is 11.3 Å². The number of hydrogen-bond donors (Lipinski definition) is 1. The second kappa shape index (κ2) is 8.87. The van der Waals surface area contributed by atoms with Gasteiger partial charge in [-0.2, -0.15) is 0 Å². The minimum Gasteiger partial charge on any atom is -0.459 e. The molecule has 1 aliphatic heterocycles. The number of amides is 1. The van der Waals surface area contributed by atoms with Gasteiger partial charge in [-0.3, -0.25) is 4.79 Å². The van der Waals surface area contributed by atoms with Crippen molar-refractivity contribution in [2.45, 2.75) is 32.9 Å². The predicted octanol–water partition coefficient (Wildman–Crippen LogP) is 1.50. The van der Waals surface area contributed by atoms with E-state index >= 15 is 0 Å². The Bertz CT molecular complexity index is 897. The molecular weight excluding hydrogens is 388 g/mol. The number of nitrogens with zero attached hydrogens (tertiary/aromatic N) is 5.